The molecular weight excluding hydrogens is 378 g/mol. The van der Waals surface area contributed by atoms with Crippen LogP contribution in [0.3, 0.4) is 0 Å². The van der Waals surface area contributed by atoms with Crippen LogP contribution in [0.25, 0.3) is 10.9 Å². The lowest BCUT2D eigenvalue weighted by molar-refractivity contribution is 0.0221. The number of ether oxygens (including phenoxy) is 1. The molecule has 2 heterocycles. The van der Waals surface area contributed by atoms with E-state index in [9.17, 15) is 9.90 Å². The third-order valence-electron chi connectivity index (χ3n) is 5.16. The van der Waals surface area contributed by atoms with Crippen molar-refractivity contribution in [3.8, 4) is 0 Å². The summed E-state index contributed by atoms with van der Waals surface area (Å²) >= 11 is 0. The maximum absolute atomic E-state index is 12.1. The summed E-state index contributed by atoms with van der Waals surface area (Å²) < 4.78 is 5.37. The van der Waals surface area contributed by atoms with Crippen molar-refractivity contribution in [2.75, 3.05) is 6.54 Å². The monoisotopic (exact) mass is 413 g/mol. The number of benzene rings is 1. The number of H-pyrrole nitrogens is 1. The number of hydrogen-bond acceptors (Lipinski definition) is 4. The molecule has 3 N–H and O–H groups in total. The van der Waals surface area contributed by atoms with Gasteiger partial charge in [0.05, 0.1) is 6.04 Å². The molecule has 1 saturated heterocycles. The number of carbonyl (C=O) groups excluding carboxylic acids is 1. The molecular formula is C24H35N3O3. The standard InChI is InChI=1S/C14H25NO3.C10H10N2/c1-6-10(2)12(16)11-8-7-9-15(11)13(17)18-14(3,4)5;1-7(11)8-3-2-4-10-9(8)5-6-12-10/h11,16H,6-9H2,1-5H3;2-6,11-12H,1H3/b12-10+;. The summed E-state index contributed by atoms with van der Waals surface area (Å²) in [4.78, 5) is 16.8. The van der Waals surface area contributed by atoms with Crippen LogP contribution in [-0.4, -0.2) is 45.0 Å². The molecule has 1 aromatic heterocycles. The minimum atomic E-state index is -0.497. The molecule has 1 unspecified atom stereocenters. The quantitative estimate of drug-likeness (QED) is 0.414. The van der Waals surface area contributed by atoms with Crippen LogP contribution in [0, 0.1) is 5.41 Å². The summed E-state index contributed by atoms with van der Waals surface area (Å²) in [5.41, 5.74) is 3.16. The number of hydrogen-bond donors (Lipinski definition) is 3. The average molecular weight is 414 g/mol. The summed E-state index contributed by atoms with van der Waals surface area (Å²) in [6.07, 6.45) is 4.08. The van der Waals surface area contributed by atoms with Crippen LogP contribution in [0.2, 0.25) is 0 Å². The Labute approximate surface area is 179 Å². The van der Waals surface area contributed by atoms with Crippen LogP contribution in [0.1, 0.15) is 66.4 Å². The lowest BCUT2D eigenvalue weighted by Crippen LogP contribution is -2.40. The molecule has 0 spiro atoms. The highest BCUT2D eigenvalue weighted by molar-refractivity contribution is 6.07. The SMILES string of the molecule is CC(=N)c1cccc2[nH]ccc12.CC/C(C)=C(/O)C1CCCN1C(=O)OC(C)(C)C. The van der Waals surface area contributed by atoms with Gasteiger partial charge in [0.25, 0.3) is 0 Å². The molecule has 6 heteroatoms. The van der Waals surface area contributed by atoms with Crippen LogP contribution in [-0.2, 0) is 4.74 Å². The molecule has 1 amide bonds. The van der Waals surface area contributed by atoms with Gasteiger partial charge < -0.3 is 20.2 Å². The van der Waals surface area contributed by atoms with Gasteiger partial charge >= 0.3 is 6.09 Å². The summed E-state index contributed by atoms with van der Waals surface area (Å²) in [6.45, 7) is 11.9. The van der Waals surface area contributed by atoms with Crippen molar-refractivity contribution in [2.45, 2.75) is 72.4 Å². The number of aliphatic hydroxyl groups excluding tert-OH is 1. The predicted molar refractivity (Wildman–Crippen MR) is 122 cm³/mol. The number of likely N-dealkylation sites (tertiary alicyclic amines) is 1. The van der Waals surface area contributed by atoms with Gasteiger partial charge in [0.15, 0.2) is 0 Å². The number of fused-ring (bicyclic) bond motifs is 1. The first kappa shape index (κ1) is 23.5. The van der Waals surface area contributed by atoms with Crippen molar-refractivity contribution in [1.82, 2.24) is 9.88 Å². The van der Waals surface area contributed by atoms with E-state index in [1.165, 1.54) is 0 Å². The molecule has 164 valence electrons. The van der Waals surface area contributed by atoms with Crippen molar-refractivity contribution in [3.05, 3.63) is 47.4 Å². The van der Waals surface area contributed by atoms with E-state index in [1.807, 2.05) is 72.0 Å². The van der Waals surface area contributed by atoms with E-state index in [2.05, 4.69) is 4.98 Å². The smallest absolute Gasteiger partial charge is 0.410 e. The van der Waals surface area contributed by atoms with Gasteiger partial charge in [-0.15, -0.1) is 0 Å². The second-order valence-electron chi connectivity index (χ2n) is 8.72. The number of nitrogens with zero attached hydrogens (tertiary/aromatic N) is 1. The van der Waals surface area contributed by atoms with Crippen LogP contribution in [0.5, 0.6) is 0 Å². The molecule has 1 aliphatic rings. The Balaban J connectivity index is 0.000000230. The Morgan fingerprint density at radius 2 is 2.00 bits per heavy atom. The minimum absolute atomic E-state index is 0.209. The fourth-order valence-electron chi connectivity index (χ4n) is 3.47. The third kappa shape index (κ3) is 5.88. The molecule has 1 atom stereocenters. The molecule has 0 aliphatic carbocycles. The van der Waals surface area contributed by atoms with Crippen LogP contribution in [0.4, 0.5) is 4.79 Å². The number of carbonyl (C=O) groups is 1. The molecule has 1 fully saturated rings. The number of rotatable bonds is 3. The van der Waals surface area contributed by atoms with E-state index in [4.69, 9.17) is 10.1 Å². The number of amides is 1. The minimum Gasteiger partial charge on any atom is -0.510 e. The van der Waals surface area contributed by atoms with Crippen molar-refractivity contribution in [3.63, 3.8) is 0 Å². The highest BCUT2D eigenvalue weighted by Crippen LogP contribution is 2.27. The van der Waals surface area contributed by atoms with E-state index in [0.29, 0.717) is 18.0 Å². The Hall–Kier alpha value is -2.76. The zero-order chi connectivity index (χ0) is 22.5. The average Bonchev–Trinajstić information content (AvgIpc) is 3.34. The van der Waals surface area contributed by atoms with Crippen molar-refractivity contribution in [1.29, 1.82) is 5.41 Å². The number of aromatic nitrogens is 1. The van der Waals surface area contributed by atoms with E-state index >= 15 is 0 Å². The van der Waals surface area contributed by atoms with E-state index in [-0.39, 0.29) is 12.1 Å². The predicted octanol–water partition coefficient (Wildman–Crippen LogP) is 6.18. The van der Waals surface area contributed by atoms with Gasteiger partial charge in [-0.2, -0.15) is 0 Å². The van der Waals surface area contributed by atoms with E-state index in [1.54, 1.807) is 4.90 Å². The Morgan fingerprint density at radius 3 is 2.60 bits per heavy atom. The van der Waals surface area contributed by atoms with Gasteiger partial charge in [-0.05, 0) is 71.6 Å². The number of nitrogens with one attached hydrogen (secondary N) is 2. The van der Waals surface area contributed by atoms with Crippen molar-refractivity contribution in [2.24, 2.45) is 0 Å². The van der Waals surface area contributed by atoms with E-state index < -0.39 is 5.60 Å². The maximum atomic E-state index is 12.1. The molecule has 0 bridgehead atoms. The van der Waals surface area contributed by atoms with Gasteiger partial charge in [0.2, 0.25) is 0 Å². The molecule has 6 nitrogen and oxygen atoms in total. The largest absolute Gasteiger partial charge is 0.510 e. The normalized spacial score (nSPS) is 17.3. The van der Waals surface area contributed by atoms with Crippen molar-refractivity contribution >= 4 is 22.7 Å². The Bertz CT molecular complexity index is 921. The summed E-state index contributed by atoms with van der Waals surface area (Å²) in [6, 6.07) is 7.75. The molecule has 0 radical (unpaired) electrons. The molecule has 0 saturated carbocycles. The zero-order valence-electron chi connectivity index (χ0n) is 19.0. The second-order valence-corrected chi connectivity index (χ2v) is 8.72. The molecule has 1 aliphatic heterocycles. The topological polar surface area (TPSA) is 89.4 Å². The van der Waals surface area contributed by atoms with Gasteiger partial charge in [-0.1, -0.05) is 19.1 Å². The molecule has 3 rings (SSSR count). The zero-order valence-corrected chi connectivity index (χ0v) is 19.0. The first-order chi connectivity index (χ1) is 14.0. The molecule has 30 heavy (non-hydrogen) atoms. The number of allylic oxidation sites excluding steroid dienone is 1. The highest BCUT2D eigenvalue weighted by atomic mass is 16.6. The fraction of sp³-hybridized carbons (Fsp3) is 0.500. The lowest BCUT2D eigenvalue weighted by atomic mass is 10.1. The fourth-order valence-corrected chi connectivity index (χ4v) is 3.47. The highest BCUT2D eigenvalue weighted by Gasteiger charge is 2.34. The van der Waals surface area contributed by atoms with Gasteiger partial charge in [-0.3, -0.25) is 4.90 Å². The van der Waals surface area contributed by atoms with Crippen LogP contribution < -0.4 is 0 Å². The van der Waals surface area contributed by atoms with Crippen molar-refractivity contribution < 1.29 is 14.6 Å². The summed E-state index contributed by atoms with van der Waals surface area (Å²) in [5.74, 6) is 0.334. The van der Waals surface area contributed by atoms with Crippen LogP contribution >= 0.6 is 0 Å². The first-order valence-electron chi connectivity index (χ1n) is 10.5. The summed E-state index contributed by atoms with van der Waals surface area (Å²) in [7, 11) is 0. The number of aliphatic hydroxyl groups is 1. The molecule has 1 aromatic carbocycles. The Kier molecular flexibility index (Phi) is 7.71. The third-order valence-corrected chi connectivity index (χ3v) is 5.16. The van der Waals surface area contributed by atoms with E-state index in [0.717, 1.165) is 41.3 Å². The second kappa shape index (κ2) is 9.83. The first-order valence-corrected chi connectivity index (χ1v) is 10.5. The van der Waals surface area contributed by atoms with Gasteiger partial charge in [0, 0.05) is 34.9 Å². The number of aromatic amines is 1. The summed E-state index contributed by atoms with van der Waals surface area (Å²) in [5, 5.41) is 18.8. The Morgan fingerprint density at radius 1 is 1.30 bits per heavy atom. The lowest BCUT2D eigenvalue weighted by Gasteiger charge is -2.28. The maximum Gasteiger partial charge on any atom is 0.410 e. The van der Waals surface area contributed by atoms with Crippen LogP contribution in [0.15, 0.2) is 41.8 Å². The van der Waals surface area contributed by atoms with Gasteiger partial charge in [-0.25, -0.2) is 4.79 Å². The van der Waals surface area contributed by atoms with Gasteiger partial charge in [0.1, 0.15) is 11.4 Å². The molecule has 2 aromatic rings.